The van der Waals surface area contributed by atoms with Gasteiger partial charge >= 0.3 is 0 Å². The van der Waals surface area contributed by atoms with Gasteiger partial charge in [-0.1, -0.05) is 0 Å². The van der Waals surface area contributed by atoms with E-state index < -0.39 is 10.0 Å². The van der Waals surface area contributed by atoms with E-state index in [1.54, 1.807) is 23.4 Å². The van der Waals surface area contributed by atoms with E-state index in [1.165, 1.54) is 12.1 Å². The molecule has 1 amide bonds. The molecule has 0 unspecified atom stereocenters. The highest BCUT2D eigenvalue weighted by Crippen LogP contribution is 2.35. The molecule has 9 heteroatoms. The van der Waals surface area contributed by atoms with E-state index in [-0.39, 0.29) is 17.3 Å². The molecule has 1 N–H and O–H groups in total. The summed E-state index contributed by atoms with van der Waals surface area (Å²) in [5.41, 5.74) is 0.473. The summed E-state index contributed by atoms with van der Waals surface area (Å²) >= 11 is 0. The normalized spacial score (nSPS) is 14.4. The summed E-state index contributed by atoms with van der Waals surface area (Å²) in [6.45, 7) is 5.12. The molecule has 1 aliphatic rings. The van der Waals surface area contributed by atoms with Crippen molar-refractivity contribution < 1.29 is 13.2 Å². The van der Waals surface area contributed by atoms with Crippen LogP contribution in [-0.4, -0.2) is 47.1 Å². The van der Waals surface area contributed by atoms with E-state index in [2.05, 4.69) is 14.9 Å². The van der Waals surface area contributed by atoms with Gasteiger partial charge in [0.1, 0.15) is 12.2 Å². The van der Waals surface area contributed by atoms with E-state index in [0.29, 0.717) is 30.5 Å². The summed E-state index contributed by atoms with van der Waals surface area (Å²) in [6.07, 6.45) is 3.77. The molecular formula is C17H23N5O3S. The van der Waals surface area contributed by atoms with Crippen molar-refractivity contribution in [2.45, 2.75) is 44.2 Å². The number of carbonyl (C=O) groups excluding carboxylic acids is 1. The van der Waals surface area contributed by atoms with Gasteiger partial charge in [0.25, 0.3) is 5.91 Å². The number of rotatable bonds is 8. The maximum atomic E-state index is 12.5. The molecule has 0 atom stereocenters. The molecular weight excluding hydrogens is 354 g/mol. The Morgan fingerprint density at radius 3 is 2.46 bits per heavy atom. The fourth-order valence-corrected chi connectivity index (χ4v) is 3.74. The molecule has 140 valence electrons. The van der Waals surface area contributed by atoms with Crippen molar-refractivity contribution in [2.24, 2.45) is 0 Å². The number of benzene rings is 1. The first-order valence-corrected chi connectivity index (χ1v) is 10.2. The number of carbonyl (C=O) groups is 1. The lowest BCUT2D eigenvalue weighted by Crippen LogP contribution is -2.30. The fourth-order valence-electron chi connectivity index (χ4n) is 2.76. The minimum atomic E-state index is -3.69. The smallest absolute Gasteiger partial charge is 0.253 e. The number of nitrogens with one attached hydrogen (secondary N) is 1. The van der Waals surface area contributed by atoms with Crippen LogP contribution >= 0.6 is 0 Å². The standard InChI is InChI=1S/C17H23N5O3S/c1-3-21(4-2)17(23)13-5-9-15(10-6-13)26(24,25)19-11-16-20-18-12-22(16)14-7-8-14/h5-6,9-10,12,14,19H,3-4,7-8,11H2,1-2H3. The first kappa shape index (κ1) is 18.5. The van der Waals surface area contributed by atoms with Crippen molar-refractivity contribution in [3.05, 3.63) is 42.0 Å². The van der Waals surface area contributed by atoms with Gasteiger partial charge in [0.05, 0.1) is 11.4 Å². The highest BCUT2D eigenvalue weighted by Gasteiger charge is 2.26. The molecule has 0 spiro atoms. The fraction of sp³-hybridized carbons (Fsp3) is 0.471. The van der Waals surface area contributed by atoms with Gasteiger partial charge in [-0.15, -0.1) is 10.2 Å². The molecule has 1 heterocycles. The van der Waals surface area contributed by atoms with Crippen LogP contribution in [0.2, 0.25) is 0 Å². The summed E-state index contributed by atoms with van der Waals surface area (Å²) in [4.78, 5) is 14.1. The lowest BCUT2D eigenvalue weighted by molar-refractivity contribution is 0.0773. The second-order valence-electron chi connectivity index (χ2n) is 6.21. The molecule has 0 saturated heterocycles. The molecule has 8 nitrogen and oxygen atoms in total. The summed E-state index contributed by atoms with van der Waals surface area (Å²) < 4.78 is 29.4. The lowest BCUT2D eigenvalue weighted by atomic mass is 10.2. The third-order valence-corrected chi connectivity index (χ3v) is 5.89. The molecule has 1 fully saturated rings. The zero-order valence-corrected chi connectivity index (χ0v) is 15.7. The highest BCUT2D eigenvalue weighted by atomic mass is 32.2. The second-order valence-corrected chi connectivity index (χ2v) is 7.98. The van der Waals surface area contributed by atoms with E-state index in [0.717, 1.165) is 12.8 Å². The molecule has 0 radical (unpaired) electrons. The Morgan fingerprint density at radius 1 is 1.23 bits per heavy atom. The van der Waals surface area contributed by atoms with E-state index >= 15 is 0 Å². The first-order valence-electron chi connectivity index (χ1n) is 8.73. The third-order valence-electron chi connectivity index (χ3n) is 4.47. The molecule has 1 aromatic carbocycles. The van der Waals surface area contributed by atoms with Crippen LogP contribution in [0, 0.1) is 0 Å². The second kappa shape index (κ2) is 7.55. The summed E-state index contributed by atoms with van der Waals surface area (Å²) in [5.74, 6) is 0.494. The van der Waals surface area contributed by atoms with Gasteiger partial charge in [0.15, 0.2) is 0 Å². The first-order chi connectivity index (χ1) is 12.5. The zero-order chi connectivity index (χ0) is 18.7. The van der Waals surface area contributed by atoms with Gasteiger partial charge in [-0.25, -0.2) is 13.1 Å². The number of hydrogen-bond donors (Lipinski definition) is 1. The van der Waals surface area contributed by atoms with Crippen molar-refractivity contribution in [3.8, 4) is 0 Å². The van der Waals surface area contributed by atoms with Crippen LogP contribution in [0.25, 0.3) is 0 Å². The van der Waals surface area contributed by atoms with Gasteiger partial charge in [-0.3, -0.25) is 4.79 Å². The SMILES string of the molecule is CCN(CC)C(=O)c1ccc(S(=O)(=O)NCc2nncn2C2CC2)cc1. The van der Waals surface area contributed by atoms with Crippen LogP contribution in [0.4, 0.5) is 0 Å². The predicted molar refractivity (Wildman–Crippen MR) is 96.0 cm³/mol. The van der Waals surface area contributed by atoms with Crippen molar-refractivity contribution in [2.75, 3.05) is 13.1 Å². The quantitative estimate of drug-likeness (QED) is 0.753. The largest absolute Gasteiger partial charge is 0.339 e. The zero-order valence-electron chi connectivity index (χ0n) is 14.9. The van der Waals surface area contributed by atoms with Gasteiger partial charge in [-0.2, -0.15) is 0 Å². The Labute approximate surface area is 153 Å². The maximum Gasteiger partial charge on any atom is 0.253 e. The number of sulfonamides is 1. The van der Waals surface area contributed by atoms with Crippen LogP contribution in [0.1, 0.15) is 48.9 Å². The molecule has 0 bridgehead atoms. The summed E-state index contributed by atoms with van der Waals surface area (Å²) in [6, 6.07) is 6.37. The summed E-state index contributed by atoms with van der Waals surface area (Å²) in [5, 5.41) is 7.84. The van der Waals surface area contributed by atoms with Gasteiger partial charge in [-0.05, 0) is 51.0 Å². The molecule has 3 rings (SSSR count). The molecule has 2 aromatic rings. The van der Waals surface area contributed by atoms with Crippen LogP contribution < -0.4 is 4.72 Å². The molecule has 1 aromatic heterocycles. The Kier molecular flexibility index (Phi) is 5.38. The van der Waals surface area contributed by atoms with Crippen molar-refractivity contribution in [3.63, 3.8) is 0 Å². The Bertz CT molecular complexity index is 868. The Morgan fingerprint density at radius 2 is 1.88 bits per heavy atom. The average Bonchev–Trinajstić information content (AvgIpc) is 3.39. The van der Waals surface area contributed by atoms with Crippen LogP contribution in [0.3, 0.4) is 0 Å². The van der Waals surface area contributed by atoms with Gasteiger partial charge < -0.3 is 9.47 Å². The van der Waals surface area contributed by atoms with Gasteiger partial charge in [0, 0.05) is 24.7 Å². The van der Waals surface area contributed by atoms with Crippen molar-refractivity contribution in [1.82, 2.24) is 24.4 Å². The van der Waals surface area contributed by atoms with E-state index in [4.69, 9.17) is 0 Å². The van der Waals surface area contributed by atoms with Crippen LogP contribution in [0.5, 0.6) is 0 Å². The topological polar surface area (TPSA) is 97.2 Å². The molecule has 26 heavy (non-hydrogen) atoms. The van der Waals surface area contributed by atoms with Gasteiger partial charge in [0.2, 0.25) is 10.0 Å². The Hall–Kier alpha value is -2.26. The van der Waals surface area contributed by atoms with Crippen LogP contribution in [-0.2, 0) is 16.6 Å². The number of hydrogen-bond acceptors (Lipinski definition) is 5. The van der Waals surface area contributed by atoms with Crippen molar-refractivity contribution >= 4 is 15.9 Å². The average molecular weight is 377 g/mol. The van der Waals surface area contributed by atoms with E-state index in [1.807, 2.05) is 18.4 Å². The number of amides is 1. The highest BCUT2D eigenvalue weighted by molar-refractivity contribution is 7.89. The number of aromatic nitrogens is 3. The molecule has 1 aliphatic carbocycles. The monoisotopic (exact) mass is 377 g/mol. The number of nitrogens with zero attached hydrogens (tertiary/aromatic N) is 4. The van der Waals surface area contributed by atoms with E-state index in [9.17, 15) is 13.2 Å². The summed E-state index contributed by atoms with van der Waals surface area (Å²) in [7, 11) is -3.69. The van der Waals surface area contributed by atoms with Crippen LogP contribution in [0.15, 0.2) is 35.5 Å². The molecule has 1 saturated carbocycles. The predicted octanol–water partition coefficient (Wildman–Crippen LogP) is 1.57. The minimum Gasteiger partial charge on any atom is -0.339 e. The third kappa shape index (κ3) is 3.94. The minimum absolute atomic E-state index is 0.0823. The Balaban J connectivity index is 1.69. The molecule has 0 aliphatic heterocycles. The maximum absolute atomic E-state index is 12.5. The lowest BCUT2D eigenvalue weighted by Gasteiger charge is -2.18. The van der Waals surface area contributed by atoms with Crippen molar-refractivity contribution in [1.29, 1.82) is 0 Å².